The van der Waals surface area contributed by atoms with E-state index in [1.165, 1.54) is 24.3 Å². The number of aryl methyl sites for hydroxylation is 2. The van der Waals surface area contributed by atoms with Crippen LogP contribution >= 0.6 is 0 Å². The number of rotatable bonds is 5. The molecular formula is C20H17N4NaO5S. The Morgan fingerprint density at radius 3 is 2.03 bits per heavy atom. The summed E-state index contributed by atoms with van der Waals surface area (Å²) in [6, 6.07) is 13.0. The van der Waals surface area contributed by atoms with Gasteiger partial charge in [-0.3, -0.25) is 20.4 Å². The van der Waals surface area contributed by atoms with Gasteiger partial charge in [-0.2, -0.15) is 10.2 Å². The van der Waals surface area contributed by atoms with Crippen molar-refractivity contribution in [2.45, 2.75) is 18.7 Å². The second-order valence-corrected chi connectivity index (χ2v) is 7.83. The van der Waals surface area contributed by atoms with E-state index in [2.05, 4.69) is 21.1 Å². The van der Waals surface area contributed by atoms with Gasteiger partial charge in [0, 0.05) is 0 Å². The predicted molar refractivity (Wildman–Crippen MR) is 110 cm³/mol. The predicted octanol–water partition coefficient (Wildman–Crippen LogP) is -2.34. The molecule has 31 heavy (non-hydrogen) atoms. The minimum atomic E-state index is -4.55. The molecule has 3 aromatic carbocycles. The van der Waals surface area contributed by atoms with Crippen LogP contribution in [0.15, 0.2) is 79.3 Å². The van der Waals surface area contributed by atoms with Crippen LogP contribution in [0.4, 0.5) is 11.4 Å². The minimum Gasteiger partial charge on any atom is -0.744 e. The number of nitrogens with zero attached hydrogens (tertiary/aromatic N) is 2. The first-order chi connectivity index (χ1) is 14.2. The van der Waals surface area contributed by atoms with Crippen molar-refractivity contribution in [3.63, 3.8) is 0 Å². The summed E-state index contributed by atoms with van der Waals surface area (Å²) >= 11 is 0. The van der Waals surface area contributed by atoms with Gasteiger partial charge in [-0.15, -0.1) is 0 Å². The maximum atomic E-state index is 12.6. The molecule has 0 aliphatic rings. The van der Waals surface area contributed by atoms with Crippen molar-refractivity contribution >= 4 is 21.5 Å². The van der Waals surface area contributed by atoms with Crippen LogP contribution in [0.2, 0.25) is 0 Å². The number of hydrogen-bond donors (Lipinski definition) is 2. The van der Waals surface area contributed by atoms with Crippen LogP contribution < -0.4 is 62.0 Å². The van der Waals surface area contributed by atoms with E-state index in [-0.39, 0.29) is 45.2 Å². The van der Waals surface area contributed by atoms with Gasteiger partial charge < -0.3 is 4.55 Å². The monoisotopic (exact) mass is 448 g/mol. The van der Waals surface area contributed by atoms with Crippen LogP contribution in [0.25, 0.3) is 0 Å². The molecule has 154 valence electrons. The molecule has 3 rings (SSSR count). The average molecular weight is 448 g/mol. The van der Waals surface area contributed by atoms with Gasteiger partial charge in [0.1, 0.15) is 15.5 Å². The maximum Gasteiger partial charge on any atom is 1.00 e. The fourth-order valence-electron chi connectivity index (χ4n) is 2.66. The van der Waals surface area contributed by atoms with E-state index in [1.807, 2.05) is 32.0 Å². The van der Waals surface area contributed by atoms with Gasteiger partial charge in [0.25, 0.3) is 0 Å². The van der Waals surface area contributed by atoms with E-state index in [4.69, 9.17) is 0 Å². The largest absolute Gasteiger partial charge is 1.00 e. The molecule has 0 aromatic heterocycles. The van der Waals surface area contributed by atoms with Gasteiger partial charge in [0.2, 0.25) is 10.9 Å². The first kappa shape index (κ1) is 24.6. The second-order valence-electron chi connectivity index (χ2n) is 6.45. The average Bonchev–Trinajstić information content (AvgIpc) is 2.69. The van der Waals surface area contributed by atoms with Crippen molar-refractivity contribution in [1.82, 2.24) is 0 Å². The first-order valence-corrected chi connectivity index (χ1v) is 10.1. The van der Waals surface area contributed by atoms with Crippen LogP contribution in [-0.2, 0) is 10.1 Å². The number of benzene rings is 3. The molecule has 0 saturated heterocycles. The summed E-state index contributed by atoms with van der Waals surface area (Å²) in [5.74, 6) is 0. The number of anilines is 2. The quantitative estimate of drug-likeness (QED) is 0.253. The summed E-state index contributed by atoms with van der Waals surface area (Å²) in [4.78, 5) is 24.3. The Kier molecular flexibility index (Phi) is 8.04. The third-order valence-corrected chi connectivity index (χ3v) is 5.13. The van der Waals surface area contributed by atoms with E-state index in [0.29, 0.717) is 11.4 Å². The molecular weight excluding hydrogens is 431 g/mol. The summed E-state index contributed by atoms with van der Waals surface area (Å²) in [5, 5.41) is 7.56. The number of nitrogens with one attached hydrogen (secondary N) is 2. The summed E-state index contributed by atoms with van der Waals surface area (Å²) < 4.78 is 32.9. The Bertz CT molecular complexity index is 1410. The van der Waals surface area contributed by atoms with Crippen LogP contribution in [0.1, 0.15) is 11.1 Å². The smallest absolute Gasteiger partial charge is 0.744 e. The molecule has 2 N–H and O–H groups in total. The fourth-order valence-corrected chi connectivity index (χ4v) is 3.13. The number of para-hydroxylation sites is 1. The summed E-state index contributed by atoms with van der Waals surface area (Å²) in [7, 11) is -4.55. The van der Waals surface area contributed by atoms with Gasteiger partial charge in [0.15, 0.2) is 5.36 Å². The van der Waals surface area contributed by atoms with E-state index in [0.717, 1.165) is 23.3 Å². The van der Waals surface area contributed by atoms with E-state index in [1.54, 1.807) is 0 Å². The molecule has 0 unspecified atom stereocenters. The van der Waals surface area contributed by atoms with Gasteiger partial charge in [-0.1, -0.05) is 18.2 Å². The zero-order valence-corrected chi connectivity index (χ0v) is 19.9. The zero-order valence-electron chi connectivity index (χ0n) is 17.0. The Balaban J connectivity index is 0.00000341. The van der Waals surface area contributed by atoms with Crippen LogP contribution in [0, 0.1) is 13.8 Å². The van der Waals surface area contributed by atoms with Crippen molar-refractivity contribution in [3.05, 3.63) is 96.9 Å². The Morgan fingerprint density at radius 1 is 0.839 bits per heavy atom. The summed E-state index contributed by atoms with van der Waals surface area (Å²) in [6.45, 7) is 3.75. The number of hydrogen-bond acceptors (Lipinski definition) is 9. The van der Waals surface area contributed by atoms with E-state index >= 15 is 0 Å². The summed E-state index contributed by atoms with van der Waals surface area (Å²) in [6.07, 6.45) is 0. The first-order valence-electron chi connectivity index (χ1n) is 8.73. The summed E-state index contributed by atoms with van der Waals surface area (Å²) in [5.41, 5.74) is 6.99. The molecule has 0 atom stereocenters. The Labute approximate surface area is 199 Å². The molecule has 0 bridgehead atoms. The minimum absolute atomic E-state index is 0. The SMILES string of the molecule is Cc1cccc(C)c1N/N=c1/c(=O)cc/c(=N\Nc2ccc(S(=O)(=O)[O-])cc2)c1=O.[Na+]. The van der Waals surface area contributed by atoms with Gasteiger partial charge in [-0.25, -0.2) is 8.42 Å². The van der Waals surface area contributed by atoms with Crippen LogP contribution in [0.5, 0.6) is 0 Å². The van der Waals surface area contributed by atoms with Crippen LogP contribution in [0.3, 0.4) is 0 Å². The standard InChI is InChI=1S/C20H18N4O5S.Na/c1-12-4-3-5-13(2)18(12)23-24-19-17(25)11-10-16(20(19)26)22-21-14-6-8-15(9-7-14)30(27,28)29;/h3-11,21,23H,1-2H3,(H,27,28,29);/q;+1/p-1/b22-16+,24-19-;. The normalized spacial score (nSPS) is 12.4. The third kappa shape index (κ3) is 5.96. The van der Waals surface area contributed by atoms with Gasteiger partial charge in [-0.05, 0) is 61.4 Å². The maximum absolute atomic E-state index is 12.6. The molecule has 0 amide bonds. The molecule has 0 aliphatic heterocycles. The Hall–Kier alpha value is -2.63. The van der Waals surface area contributed by atoms with E-state index < -0.39 is 21.0 Å². The van der Waals surface area contributed by atoms with Crippen molar-refractivity contribution < 1.29 is 42.5 Å². The topological polar surface area (TPSA) is 140 Å². The molecule has 0 aliphatic carbocycles. The molecule has 0 spiro atoms. The molecule has 0 fully saturated rings. The molecule has 11 heteroatoms. The van der Waals surface area contributed by atoms with Crippen molar-refractivity contribution in [3.8, 4) is 0 Å². The van der Waals surface area contributed by atoms with Gasteiger partial charge >= 0.3 is 29.6 Å². The van der Waals surface area contributed by atoms with Crippen molar-refractivity contribution in [1.29, 1.82) is 0 Å². The second kappa shape index (κ2) is 10.1. The van der Waals surface area contributed by atoms with Crippen molar-refractivity contribution in [2.24, 2.45) is 10.2 Å². The third-order valence-electron chi connectivity index (χ3n) is 4.28. The van der Waals surface area contributed by atoms with Gasteiger partial charge in [0.05, 0.1) is 16.3 Å². The molecule has 0 saturated carbocycles. The molecule has 9 nitrogen and oxygen atoms in total. The van der Waals surface area contributed by atoms with Crippen molar-refractivity contribution in [2.75, 3.05) is 10.9 Å². The zero-order chi connectivity index (χ0) is 21.9. The molecule has 0 heterocycles. The molecule has 0 radical (unpaired) electrons. The fraction of sp³-hybridized carbons (Fsp3) is 0.100. The Morgan fingerprint density at radius 2 is 1.45 bits per heavy atom. The van der Waals surface area contributed by atoms with Crippen LogP contribution in [-0.4, -0.2) is 13.0 Å². The molecule has 3 aromatic rings. The van der Waals surface area contributed by atoms with E-state index in [9.17, 15) is 22.6 Å².